The molecule has 1 aliphatic heterocycles. The molecule has 204 valence electrons. The zero-order chi connectivity index (χ0) is 27.6. The van der Waals surface area contributed by atoms with Crippen molar-refractivity contribution in [2.24, 2.45) is 0 Å². The molecule has 3 aromatic carbocycles. The lowest BCUT2D eigenvalue weighted by molar-refractivity contribution is -0.153. The molecular formula is C32H37N3O4. The van der Waals surface area contributed by atoms with E-state index in [2.05, 4.69) is 34.5 Å². The number of hydrogen-bond donors (Lipinski definition) is 1. The Morgan fingerprint density at radius 2 is 1.56 bits per heavy atom. The van der Waals surface area contributed by atoms with Gasteiger partial charge < -0.3 is 19.7 Å². The molecule has 0 aromatic heterocycles. The average molecular weight is 528 g/mol. The standard InChI is InChI=1S/C32H37N3O4/c1-32(2,3)39-30(36)19-22-17-23(20-24(18-22)35-15-13-33-14-16-35)34(4)31(37)38-21-29-27-11-7-5-9-25(27)26-10-6-8-12-28(26)29/h5-12,17-18,20,29,33H,13-16,19,21H2,1-4H3. The average Bonchev–Trinajstić information content (AvgIpc) is 3.24. The summed E-state index contributed by atoms with van der Waals surface area (Å²) in [6.07, 6.45) is -0.305. The molecule has 7 nitrogen and oxygen atoms in total. The Morgan fingerprint density at radius 1 is 0.949 bits per heavy atom. The Bertz CT molecular complexity index is 1310. The van der Waals surface area contributed by atoms with Crippen molar-refractivity contribution in [3.63, 3.8) is 0 Å². The van der Waals surface area contributed by atoms with Crippen molar-refractivity contribution in [3.05, 3.63) is 83.4 Å². The van der Waals surface area contributed by atoms with E-state index < -0.39 is 11.7 Å². The molecule has 7 heteroatoms. The van der Waals surface area contributed by atoms with Crippen molar-refractivity contribution in [3.8, 4) is 11.1 Å². The van der Waals surface area contributed by atoms with Gasteiger partial charge in [0, 0.05) is 50.5 Å². The molecule has 0 radical (unpaired) electrons. The van der Waals surface area contributed by atoms with E-state index in [-0.39, 0.29) is 24.9 Å². The number of rotatable bonds is 6. The van der Waals surface area contributed by atoms with Gasteiger partial charge in [-0.2, -0.15) is 0 Å². The first kappa shape index (κ1) is 26.8. The van der Waals surface area contributed by atoms with Gasteiger partial charge in [-0.1, -0.05) is 48.5 Å². The first-order chi connectivity index (χ1) is 18.7. The van der Waals surface area contributed by atoms with Crippen LogP contribution in [0.25, 0.3) is 11.1 Å². The van der Waals surface area contributed by atoms with Gasteiger partial charge in [0.1, 0.15) is 12.2 Å². The smallest absolute Gasteiger partial charge is 0.414 e. The number of carbonyl (C=O) groups excluding carboxylic acids is 2. The minimum Gasteiger partial charge on any atom is -0.460 e. The van der Waals surface area contributed by atoms with E-state index in [0.717, 1.165) is 37.4 Å². The number of nitrogens with zero attached hydrogens (tertiary/aromatic N) is 2. The monoisotopic (exact) mass is 527 g/mol. The van der Waals surface area contributed by atoms with Crippen molar-refractivity contribution in [1.29, 1.82) is 0 Å². The van der Waals surface area contributed by atoms with Crippen LogP contribution in [0.2, 0.25) is 0 Å². The van der Waals surface area contributed by atoms with E-state index in [1.807, 2.05) is 63.2 Å². The number of amides is 1. The molecule has 3 aromatic rings. The number of fused-ring (bicyclic) bond motifs is 3. The molecular weight excluding hydrogens is 490 g/mol. The molecule has 1 amide bonds. The normalized spacial score (nSPS) is 14.9. The van der Waals surface area contributed by atoms with Crippen LogP contribution < -0.4 is 15.1 Å². The van der Waals surface area contributed by atoms with E-state index >= 15 is 0 Å². The summed E-state index contributed by atoms with van der Waals surface area (Å²) < 4.78 is 11.5. The minimum absolute atomic E-state index is 0.00957. The van der Waals surface area contributed by atoms with Gasteiger partial charge in [-0.3, -0.25) is 9.69 Å². The molecule has 0 spiro atoms. The highest BCUT2D eigenvalue weighted by atomic mass is 16.6. The van der Waals surface area contributed by atoms with Gasteiger partial charge in [0.2, 0.25) is 0 Å². The van der Waals surface area contributed by atoms with Crippen LogP contribution in [0.4, 0.5) is 16.2 Å². The molecule has 1 N–H and O–H groups in total. The number of benzene rings is 3. The number of anilines is 2. The third-order valence-corrected chi connectivity index (χ3v) is 7.21. The van der Waals surface area contributed by atoms with Gasteiger partial charge in [-0.25, -0.2) is 4.79 Å². The molecule has 39 heavy (non-hydrogen) atoms. The van der Waals surface area contributed by atoms with Crippen LogP contribution >= 0.6 is 0 Å². The van der Waals surface area contributed by atoms with Gasteiger partial charge in [-0.15, -0.1) is 0 Å². The van der Waals surface area contributed by atoms with Crippen LogP contribution in [0.5, 0.6) is 0 Å². The van der Waals surface area contributed by atoms with E-state index in [1.165, 1.54) is 27.2 Å². The third kappa shape index (κ3) is 6.09. The number of carbonyl (C=O) groups is 2. The summed E-state index contributed by atoms with van der Waals surface area (Å²) in [6.45, 7) is 9.30. The highest BCUT2D eigenvalue weighted by molar-refractivity contribution is 5.89. The fourth-order valence-corrected chi connectivity index (χ4v) is 5.40. The Labute approximate surface area is 230 Å². The number of hydrogen-bond acceptors (Lipinski definition) is 6. The summed E-state index contributed by atoms with van der Waals surface area (Å²) in [4.78, 5) is 29.7. The van der Waals surface area contributed by atoms with Crippen LogP contribution in [-0.4, -0.2) is 57.5 Å². The summed E-state index contributed by atoms with van der Waals surface area (Å²) in [5, 5.41) is 3.37. The zero-order valence-electron chi connectivity index (χ0n) is 23.2. The molecule has 5 rings (SSSR count). The van der Waals surface area contributed by atoms with Gasteiger partial charge in [0.05, 0.1) is 6.42 Å². The van der Waals surface area contributed by atoms with Crippen LogP contribution in [0.1, 0.15) is 43.4 Å². The summed E-state index contributed by atoms with van der Waals surface area (Å²) in [5.74, 6) is -0.306. The first-order valence-electron chi connectivity index (χ1n) is 13.6. The largest absolute Gasteiger partial charge is 0.460 e. The van der Waals surface area contributed by atoms with Crippen LogP contribution in [0.3, 0.4) is 0 Å². The number of esters is 1. The summed E-state index contributed by atoms with van der Waals surface area (Å²) in [5.41, 5.74) is 6.63. The molecule has 0 saturated carbocycles. The van der Waals surface area contributed by atoms with Crippen molar-refractivity contribution in [1.82, 2.24) is 5.32 Å². The van der Waals surface area contributed by atoms with Crippen molar-refractivity contribution < 1.29 is 19.1 Å². The second-order valence-corrected chi connectivity index (χ2v) is 11.2. The van der Waals surface area contributed by atoms with Crippen molar-refractivity contribution in [2.45, 2.75) is 38.7 Å². The van der Waals surface area contributed by atoms with Gasteiger partial charge in [0.25, 0.3) is 0 Å². The lowest BCUT2D eigenvalue weighted by Crippen LogP contribution is -2.43. The molecule has 0 bridgehead atoms. The summed E-state index contributed by atoms with van der Waals surface area (Å²) in [6, 6.07) is 22.5. The maximum absolute atomic E-state index is 13.3. The van der Waals surface area contributed by atoms with E-state index in [9.17, 15) is 9.59 Å². The predicted octanol–water partition coefficient (Wildman–Crippen LogP) is 5.37. The number of piperazine rings is 1. The Kier molecular flexibility index (Phi) is 7.62. The maximum atomic E-state index is 13.3. The first-order valence-corrected chi connectivity index (χ1v) is 13.6. The lowest BCUT2D eigenvalue weighted by Gasteiger charge is -2.31. The van der Waals surface area contributed by atoms with Crippen LogP contribution in [0.15, 0.2) is 66.7 Å². The minimum atomic E-state index is -0.561. The van der Waals surface area contributed by atoms with Gasteiger partial charge in [-0.05, 0) is 66.8 Å². The zero-order valence-corrected chi connectivity index (χ0v) is 23.2. The molecule has 1 heterocycles. The van der Waals surface area contributed by atoms with Gasteiger partial charge >= 0.3 is 12.1 Å². The Hall–Kier alpha value is -3.84. The fourth-order valence-electron chi connectivity index (χ4n) is 5.40. The molecule has 1 fully saturated rings. The highest BCUT2D eigenvalue weighted by Gasteiger charge is 2.30. The second-order valence-electron chi connectivity index (χ2n) is 11.2. The van der Waals surface area contributed by atoms with Crippen LogP contribution in [0, 0.1) is 0 Å². The van der Waals surface area contributed by atoms with E-state index in [1.54, 1.807) is 7.05 Å². The topological polar surface area (TPSA) is 71.1 Å². The number of nitrogens with one attached hydrogen (secondary N) is 1. The fraction of sp³-hybridized carbons (Fsp3) is 0.375. The SMILES string of the molecule is CN(C(=O)OCC1c2ccccc2-c2ccccc21)c1cc(CC(=O)OC(C)(C)C)cc(N2CCNCC2)c1. The van der Waals surface area contributed by atoms with E-state index in [4.69, 9.17) is 9.47 Å². The van der Waals surface area contributed by atoms with Crippen LogP contribution in [-0.2, 0) is 20.7 Å². The van der Waals surface area contributed by atoms with Crippen molar-refractivity contribution >= 4 is 23.4 Å². The Balaban J connectivity index is 1.35. The predicted molar refractivity (Wildman–Crippen MR) is 155 cm³/mol. The highest BCUT2D eigenvalue weighted by Crippen LogP contribution is 2.44. The second kappa shape index (κ2) is 11.1. The third-order valence-electron chi connectivity index (χ3n) is 7.21. The maximum Gasteiger partial charge on any atom is 0.414 e. The van der Waals surface area contributed by atoms with Crippen molar-refractivity contribution in [2.75, 3.05) is 49.6 Å². The van der Waals surface area contributed by atoms with Gasteiger partial charge in [0.15, 0.2) is 0 Å². The summed E-state index contributed by atoms with van der Waals surface area (Å²) >= 11 is 0. The molecule has 0 atom stereocenters. The molecule has 1 aliphatic carbocycles. The molecule has 2 aliphatic rings. The molecule has 1 saturated heterocycles. The van der Waals surface area contributed by atoms with E-state index in [0.29, 0.717) is 5.69 Å². The quantitative estimate of drug-likeness (QED) is 0.435. The number of ether oxygens (including phenoxy) is 2. The Morgan fingerprint density at radius 3 is 2.18 bits per heavy atom. The lowest BCUT2D eigenvalue weighted by atomic mass is 9.98. The molecule has 0 unspecified atom stereocenters. The summed E-state index contributed by atoms with van der Waals surface area (Å²) in [7, 11) is 1.72.